The standard InChI is InChI=1S/C18H21ClFN3O2S/c19-17-14-16(6-7-18(17)20)26(24,25)21-8-9-22-10-12-23(13-11-22)15-4-2-1-3-5-15/h1-7,14,21H,8-13H2. The van der Waals surface area contributed by atoms with Crippen molar-refractivity contribution in [3.05, 3.63) is 59.4 Å². The summed E-state index contributed by atoms with van der Waals surface area (Å²) in [6, 6.07) is 13.6. The molecule has 5 nitrogen and oxygen atoms in total. The zero-order chi connectivity index (χ0) is 18.6. The van der Waals surface area contributed by atoms with E-state index in [1.807, 2.05) is 18.2 Å². The Kier molecular flexibility index (Phi) is 6.13. The summed E-state index contributed by atoms with van der Waals surface area (Å²) in [7, 11) is -3.69. The molecule has 0 aromatic heterocycles. The van der Waals surface area contributed by atoms with Crippen LogP contribution in [-0.4, -0.2) is 52.6 Å². The fraction of sp³-hybridized carbons (Fsp3) is 0.333. The second kappa shape index (κ2) is 8.35. The van der Waals surface area contributed by atoms with Gasteiger partial charge in [0, 0.05) is 45.0 Å². The van der Waals surface area contributed by atoms with Crippen LogP contribution >= 0.6 is 11.6 Å². The Balaban J connectivity index is 1.47. The van der Waals surface area contributed by atoms with E-state index in [2.05, 4.69) is 26.7 Å². The number of hydrogen-bond acceptors (Lipinski definition) is 4. The van der Waals surface area contributed by atoms with Crippen molar-refractivity contribution in [1.29, 1.82) is 0 Å². The van der Waals surface area contributed by atoms with E-state index < -0.39 is 15.8 Å². The normalized spacial score (nSPS) is 16.0. The van der Waals surface area contributed by atoms with Gasteiger partial charge in [-0.05, 0) is 30.3 Å². The minimum atomic E-state index is -3.69. The maximum atomic E-state index is 13.2. The number of halogens is 2. The molecule has 2 aromatic carbocycles. The number of para-hydroxylation sites is 1. The summed E-state index contributed by atoms with van der Waals surface area (Å²) >= 11 is 5.66. The van der Waals surface area contributed by atoms with E-state index in [0.717, 1.165) is 38.3 Å². The lowest BCUT2D eigenvalue weighted by atomic mass is 10.2. The number of nitrogens with one attached hydrogen (secondary N) is 1. The molecule has 0 atom stereocenters. The average molecular weight is 398 g/mol. The molecule has 2 aromatic rings. The smallest absolute Gasteiger partial charge is 0.240 e. The molecule has 1 heterocycles. The third kappa shape index (κ3) is 4.73. The van der Waals surface area contributed by atoms with Gasteiger partial charge >= 0.3 is 0 Å². The minimum Gasteiger partial charge on any atom is -0.369 e. The number of rotatable bonds is 6. The molecular formula is C18H21ClFN3O2S. The Morgan fingerprint density at radius 3 is 2.38 bits per heavy atom. The topological polar surface area (TPSA) is 52.7 Å². The third-order valence-corrected chi connectivity index (χ3v) is 6.16. The molecular weight excluding hydrogens is 377 g/mol. The van der Waals surface area contributed by atoms with Crippen molar-refractivity contribution in [2.24, 2.45) is 0 Å². The molecule has 1 aliphatic heterocycles. The van der Waals surface area contributed by atoms with Gasteiger partial charge in [0.15, 0.2) is 0 Å². The highest BCUT2D eigenvalue weighted by molar-refractivity contribution is 7.89. The van der Waals surface area contributed by atoms with Crippen LogP contribution in [0.5, 0.6) is 0 Å². The summed E-state index contributed by atoms with van der Waals surface area (Å²) < 4.78 is 40.2. The van der Waals surface area contributed by atoms with Crippen molar-refractivity contribution < 1.29 is 12.8 Å². The molecule has 8 heteroatoms. The van der Waals surface area contributed by atoms with Crippen molar-refractivity contribution in [2.75, 3.05) is 44.2 Å². The number of nitrogens with zero attached hydrogens (tertiary/aromatic N) is 2. The summed E-state index contributed by atoms with van der Waals surface area (Å²) in [5.41, 5.74) is 1.21. The van der Waals surface area contributed by atoms with Gasteiger partial charge in [0.1, 0.15) is 5.82 Å². The highest BCUT2D eigenvalue weighted by atomic mass is 35.5. The van der Waals surface area contributed by atoms with E-state index in [1.54, 1.807) is 0 Å². The molecule has 0 amide bonds. The molecule has 3 rings (SSSR count). The molecule has 0 bridgehead atoms. The first-order chi connectivity index (χ1) is 12.5. The Hall–Kier alpha value is -1.67. The maximum Gasteiger partial charge on any atom is 0.240 e. The van der Waals surface area contributed by atoms with Crippen LogP contribution in [0.15, 0.2) is 53.4 Å². The molecule has 1 saturated heterocycles. The first-order valence-corrected chi connectivity index (χ1v) is 10.3. The van der Waals surface area contributed by atoms with Crippen LogP contribution in [0.3, 0.4) is 0 Å². The van der Waals surface area contributed by atoms with Crippen LogP contribution in [0.25, 0.3) is 0 Å². The molecule has 0 radical (unpaired) electrons. The van der Waals surface area contributed by atoms with Gasteiger partial charge in [-0.3, -0.25) is 4.90 Å². The van der Waals surface area contributed by atoms with E-state index in [4.69, 9.17) is 11.6 Å². The summed E-state index contributed by atoms with van der Waals surface area (Å²) in [5.74, 6) is -0.637. The summed E-state index contributed by atoms with van der Waals surface area (Å²) in [5, 5.41) is -0.204. The Bertz CT molecular complexity index is 841. The SMILES string of the molecule is O=S(=O)(NCCN1CCN(c2ccccc2)CC1)c1ccc(F)c(Cl)c1. The lowest BCUT2D eigenvalue weighted by molar-refractivity contribution is 0.262. The molecule has 140 valence electrons. The van der Waals surface area contributed by atoms with Gasteiger partial charge in [-0.15, -0.1) is 0 Å². The van der Waals surface area contributed by atoms with E-state index in [1.165, 1.54) is 11.8 Å². The van der Waals surface area contributed by atoms with Gasteiger partial charge < -0.3 is 4.90 Å². The second-order valence-corrected chi connectivity index (χ2v) is 8.31. The monoisotopic (exact) mass is 397 g/mol. The van der Waals surface area contributed by atoms with Crippen LogP contribution in [0.2, 0.25) is 5.02 Å². The maximum absolute atomic E-state index is 13.2. The zero-order valence-corrected chi connectivity index (χ0v) is 15.8. The number of hydrogen-bond donors (Lipinski definition) is 1. The summed E-state index contributed by atoms with van der Waals surface area (Å²) in [6.45, 7) is 4.48. The quantitative estimate of drug-likeness (QED) is 0.814. The summed E-state index contributed by atoms with van der Waals surface area (Å²) in [6.07, 6.45) is 0. The van der Waals surface area contributed by atoms with E-state index in [9.17, 15) is 12.8 Å². The van der Waals surface area contributed by atoms with E-state index in [-0.39, 0.29) is 9.92 Å². The van der Waals surface area contributed by atoms with Gasteiger partial charge in [0.05, 0.1) is 9.92 Å². The minimum absolute atomic E-state index is 0.0298. The van der Waals surface area contributed by atoms with Crippen molar-refractivity contribution in [3.63, 3.8) is 0 Å². The molecule has 0 spiro atoms. The van der Waals surface area contributed by atoms with Gasteiger partial charge in [-0.1, -0.05) is 29.8 Å². The van der Waals surface area contributed by atoms with E-state index >= 15 is 0 Å². The first-order valence-electron chi connectivity index (χ1n) is 8.43. The fourth-order valence-corrected chi connectivity index (χ4v) is 4.23. The molecule has 1 aliphatic rings. The lowest BCUT2D eigenvalue weighted by Crippen LogP contribution is -2.48. The number of anilines is 1. The number of benzene rings is 2. The third-order valence-electron chi connectivity index (χ3n) is 4.42. The molecule has 26 heavy (non-hydrogen) atoms. The first kappa shape index (κ1) is 19.1. The molecule has 0 saturated carbocycles. The van der Waals surface area contributed by atoms with Crippen molar-refractivity contribution in [1.82, 2.24) is 9.62 Å². The Labute approximate surface area is 158 Å². The predicted molar refractivity (Wildman–Crippen MR) is 102 cm³/mol. The van der Waals surface area contributed by atoms with Crippen molar-refractivity contribution in [2.45, 2.75) is 4.90 Å². The van der Waals surface area contributed by atoms with Crippen LogP contribution in [0, 0.1) is 5.82 Å². The Morgan fingerprint density at radius 2 is 1.73 bits per heavy atom. The fourth-order valence-electron chi connectivity index (χ4n) is 2.93. The van der Waals surface area contributed by atoms with Crippen LogP contribution in [-0.2, 0) is 10.0 Å². The van der Waals surface area contributed by atoms with Crippen LogP contribution in [0.4, 0.5) is 10.1 Å². The number of sulfonamides is 1. The summed E-state index contributed by atoms with van der Waals surface area (Å²) in [4.78, 5) is 4.51. The van der Waals surface area contributed by atoms with Gasteiger partial charge in [-0.2, -0.15) is 0 Å². The largest absolute Gasteiger partial charge is 0.369 e. The van der Waals surface area contributed by atoms with Gasteiger partial charge in [0.2, 0.25) is 10.0 Å². The van der Waals surface area contributed by atoms with Crippen molar-refractivity contribution in [3.8, 4) is 0 Å². The Morgan fingerprint density at radius 1 is 1.04 bits per heavy atom. The van der Waals surface area contributed by atoms with Crippen molar-refractivity contribution >= 4 is 27.3 Å². The number of piperazine rings is 1. The molecule has 1 N–H and O–H groups in total. The zero-order valence-electron chi connectivity index (χ0n) is 14.2. The predicted octanol–water partition coefficient (Wildman–Crippen LogP) is 2.58. The van der Waals surface area contributed by atoms with Gasteiger partial charge in [-0.25, -0.2) is 17.5 Å². The highest BCUT2D eigenvalue weighted by Crippen LogP contribution is 2.19. The molecule has 1 fully saturated rings. The van der Waals surface area contributed by atoms with Crippen LogP contribution in [0.1, 0.15) is 0 Å². The average Bonchev–Trinajstić information content (AvgIpc) is 2.65. The molecule has 0 unspecified atom stereocenters. The lowest BCUT2D eigenvalue weighted by Gasteiger charge is -2.36. The second-order valence-electron chi connectivity index (χ2n) is 6.14. The molecule has 0 aliphatic carbocycles. The van der Waals surface area contributed by atoms with E-state index in [0.29, 0.717) is 13.1 Å². The highest BCUT2D eigenvalue weighted by Gasteiger charge is 2.19. The van der Waals surface area contributed by atoms with Crippen LogP contribution < -0.4 is 9.62 Å². The van der Waals surface area contributed by atoms with Gasteiger partial charge in [0.25, 0.3) is 0 Å².